The van der Waals surface area contributed by atoms with E-state index in [4.69, 9.17) is 14.6 Å². The molecule has 178 valence electrons. The Morgan fingerprint density at radius 1 is 1.09 bits per heavy atom. The van der Waals surface area contributed by atoms with E-state index in [1.807, 2.05) is 40.7 Å². The molecule has 1 heterocycles. The predicted octanol–water partition coefficient (Wildman–Crippen LogP) is 2.25. The van der Waals surface area contributed by atoms with Crippen LogP contribution in [-0.4, -0.2) is 73.5 Å². The van der Waals surface area contributed by atoms with Crippen LogP contribution >= 0.6 is 0 Å². The lowest BCUT2D eigenvalue weighted by atomic mass is 9.92. The summed E-state index contributed by atoms with van der Waals surface area (Å²) in [5.74, 6) is -1.25. The summed E-state index contributed by atoms with van der Waals surface area (Å²) in [5, 5.41) is 11.9. The number of rotatable bonds is 7. The fourth-order valence-electron chi connectivity index (χ4n) is 3.77. The number of aliphatic carboxylic acids is 1. The van der Waals surface area contributed by atoms with Crippen molar-refractivity contribution in [3.8, 4) is 0 Å². The number of nitrogens with one attached hydrogen (secondary N) is 1. The molecule has 9 heteroatoms. The van der Waals surface area contributed by atoms with E-state index in [1.165, 1.54) is 7.11 Å². The van der Waals surface area contributed by atoms with Gasteiger partial charge in [-0.1, -0.05) is 0 Å². The number of piperazine rings is 1. The van der Waals surface area contributed by atoms with Gasteiger partial charge in [0.1, 0.15) is 5.60 Å². The monoisotopic (exact) mass is 449 g/mol. The average molecular weight is 450 g/mol. The molecule has 1 aromatic rings. The molecular formula is C23H35N3O6. The second-order valence-electron chi connectivity index (χ2n) is 8.99. The lowest BCUT2D eigenvalue weighted by Gasteiger charge is -2.38. The third-order valence-electron chi connectivity index (χ3n) is 5.49. The van der Waals surface area contributed by atoms with Gasteiger partial charge >= 0.3 is 18.0 Å². The first-order chi connectivity index (χ1) is 14.9. The highest BCUT2D eigenvalue weighted by molar-refractivity contribution is 5.76. The summed E-state index contributed by atoms with van der Waals surface area (Å²) in [5.41, 5.74) is 4.19. The molecule has 0 unspecified atom stereocenters. The molecule has 9 nitrogen and oxygen atoms in total. The van der Waals surface area contributed by atoms with Crippen LogP contribution in [0.1, 0.15) is 43.0 Å². The molecule has 0 saturated carbocycles. The van der Waals surface area contributed by atoms with Gasteiger partial charge in [-0.3, -0.25) is 9.59 Å². The van der Waals surface area contributed by atoms with Gasteiger partial charge in [-0.05, 0) is 62.9 Å². The smallest absolute Gasteiger partial charge is 0.410 e. The van der Waals surface area contributed by atoms with Crippen LogP contribution in [0.2, 0.25) is 0 Å². The van der Waals surface area contributed by atoms with Crippen molar-refractivity contribution >= 4 is 23.7 Å². The number of esters is 1. The first kappa shape index (κ1) is 25.5. The maximum atomic E-state index is 12.4. The van der Waals surface area contributed by atoms with Gasteiger partial charge in [0.05, 0.1) is 20.1 Å². The van der Waals surface area contributed by atoms with Crippen molar-refractivity contribution in [2.45, 2.75) is 53.2 Å². The second-order valence-corrected chi connectivity index (χ2v) is 8.99. The minimum Gasteiger partial charge on any atom is -0.480 e. The van der Waals surface area contributed by atoms with Crippen molar-refractivity contribution in [2.75, 3.05) is 44.7 Å². The van der Waals surface area contributed by atoms with Crippen molar-refractivity contribution in [1.29, 1.82) is 0 Å². The quantitative estimate of drug-likeness (QED) is 0.610. The largest absolute Gasteiger partial charge is 0.480 e. The summed E-state index contributed by atoms with van der Waals surface area (Å²) in [6, 6.07) is 2.05. The van der Waals surface area contributed by atoms with E-state index >= 15 is 0 Å². The number of nitrogens with zero attached hydrogens (tertiary/aromatic N) is 2. The Morgan fingerprint density at radius 3 is 2.25 bits per heavy atom. The zero-order valence-corrected chi connectivity index (χ0v) is 19.9. The molecule has 2 rings (SSSR count). The van der Waals surface area contributed by atoms with Crippen molar-refractivity contribution in [2.24, 2.45) is 0 Å². The number of carbonyl (C=O) groups is 3. The first-order valence-corrected chi connectivity index (χ1v) is 10.8. The van der Waals surface area contributed by atoms with E-state index < -0.39 is 11.6 Å². The Balaban J connectivity index is 2.26. The number of benzene rings is 1. The molecular weight excluding hydrogens is 414 g/mol. The zero-order chi connectivity index (χ0) is 24.1. The van der Waals surface area contributed by atoms with Crippen LogP contribution in [0, 0.1) is 13.8 Å². The number of carboxylic acid groups (broad SMARTS) is 1. The molecule has 0 aliphatic carbocycles. The Hall–Kier alpha value is -2.81. The number of methoxy groups -OCH3 is 1. The maximum absolute atomic E-state index is 12.4. The van der Waals surface area contributed by atoms with Crippen molar-refractivity contribution in [3.63, 3.8) is 0 Å². The minimum absolute atomic E-state index is 0.145. The highest BCUT2D eigenvalue weighted by Gasteiger charge is 2.27. The molecule has 0 atom stereocenters. The normalized spacial score (nSPS) is 14.3. The Bertz CT molecular complexity index is 854. The van der Waals surface area contributed by atoms with Gasteiger partial charge < -0.3 is 29.7 Å². The summed E-state index contributed by atoms with van der Waals surface area (Å²) in [6.45, 7) is 12.0. The standard InChI is InChI=1S/C23H35N3O6/c1-15-17(13-24-14-20(27)28)11-19(16(2)18(15)12-21(29)31-6)25-7-9-26(10-8-25)22(30)32-23(3,4)5/h11,24H,7-10,12-14H2,1-6H3,(H,27,28). The second kappa shape index (κ2) is 10.7. The lowest BCUT2D eigenvalue weighted by Crippen LogP contribution is -2.50. The minimum atomic E-state index is -0.928. The van der Waals surface area contributed by atoms with Crippen molar-refractivity contribution in [3.05, 3.63) is 28.3 Å². The number of ether oxygens (including phenoxy) is 2. The van der Waals surface area contributed by atoms with E-state index in [-0.39, 0.29) is 25.0 Å². The molecule has 32 heavy (non-hydrogen) atoms. The Morgan fingerprint density at radius 2 is 1.72 bits per heavy atom. The molecule has 1 saturated heterocycles. The Labute approximate surface area is 189 Å². The van der Waals surface area contributed by atoms with Crippen molar-refractivity contribution < 1.29 is 29.0 Å². The topological polar surface area (TPSA) is 108 Å². The zero-order valence-electron chi connectivity index (χ0n) is 19.9. The number of hydrogen-bond donors (Lipinski definition) is 2. The van der Waals surface area contributed by atoms with Crippen LogP contribution in [0.4, 0.5) is 10.5 Å². The van der Waals surface area contributed by atoms with Gasteiger partial charge in [0, 0.05) is 38.4 Å². The number of hydrogen-bond acceptors (Lipinski definition) is 7. The lowest BCUT2D eigenvalue weighted by molar-refractivity contribution is -0.140. The molecule has 1 fully saturated rings. The van der Waals surface area contributed by atoms with E-state index in [1.54, 1.807) is 4.90 Å². The fraction of sp³-hybridized carbons (Fsp3) is 0.609. The highest BCUT2D eigenvalue weighted by atomic mass is 16.6. The van der Waals surface area contributed by atoms with Crippen LogP contribution in [0.3, 0.4) is 0 Å². The van der Waals surface area contributed by atoms with Crippen molar-refractivity contribution in [1.82, 2.24) is 10.2 Å². The summed E-state index contributed by atoms with van der Waals surface area (Å²) in [4.78, 5) is 39.2. The van der Waals surface area contributed by atoms with Gasteiger partial charge in [0.2, 0.25) is 0 Å². The predicted molar refractivity (Wildman–Crippen MR) is 121 cm³/mol. The SMILES string of the molecule is COC(=O)Cc1c(C)c(CNCC(=O)O)cc(N2CCN(C(=O)OC(C)(C)C)CC2)c1C. The van der Waals surface area contributed by atoms with Gasteiger partial charge in [-0.2, -0.15) is 0 Å². The molecule has 0 radical (unpaired) electrons. The van der Waals surface area contributed by atoms with E-state index in [0.717, 1.165) is 27.9 Å². The summed E-state index contributed by atoms with van der Waals surface area (Å²) in [6.07, 6.45) is -0.172. The molecule has 1 aliphatic heterocycles. The van der Waals surface area contributed by atoms with E-state index in [0.29, 0.717) is 32.7 Å². The maximum Gasteiger partial charge on any atom is 0.410 e. The number of anilines is 1. The first-order valence-electron chi connectivity index (χ1n) is 10.8. The molecule has 1 aromatic carbocycles. The van der Waals surface area contributed by atoms with Gasteiger partial charge in [0.25, 0.3) is 0 Å². The van der Waals surface area contributed by atoms with Gasteiger partial charge in [-0.15, -0.1) is 0 Å². The van der Waals surface area contributed by atoms with Crippen LogP contribution < -0.4 is 10.2 Å². The average Bonchev–Trinajstić information content (AvgIpc) is 2.71. The van der Waals surface area contributed by atoms with Crippen LogP contribution in [0.25, 0.3) is 0 Å². The summed E-state index contributed by atoms with van der Waals surface area (Å²) >= 11 is 0. The highest BCUT2D eigenvalue weighted by Crippen LogP contribution is 2.31. The number of amides is 1. The third kappa shape index (κ3) is 6.85. The molecule has 2 N–H and O–H groups in total. The van der Waals surface area contributed by atoms with Gasteiger partial charge in [-0.25, -0.2) is 4.79 Å². The van der Waals surface area contributed by atoms with Crippen LogP contribution in [0.15, 0.2) is 6.07 Å². The van der Waals surface area contributed by atoms with E-state index in [9.17, 15) is 14.4 Å². The number of carboxylic acids is 1. The molecule has 0 spiro atoms. The summed E-state index contributed by atoms with van der Waals surface area (Å²) in [7, 11) is 1.36. The molecule has 0 bridgehead atoms. The fourth-order valence-corrected chi connectivity index (χ4v) is 3.77. The van der Waals surface area contributed by atoms with Crippen LogP contribution in [0.5, 0.6) is 0 Å². The van der Waals surface area contributed by atoms with Crippen LogP contribution in [-0.2, 0) is 32.0 Å². The van der Waals surface area contributed by atoms with Gasteiger partial charge in [0.15, 0.2) is 0 Å². The Kier molecular flexibility index (Phi) is 8.49. The third-order valence-corrected chi connectivity index (χ3v) is 5.49. The molecule has 1 amide bonds. The molecule has 0 aromatic heterocycles. The number of carbonyl (C=O) groups excluding carboxylic acids is 2. The molecule has 1 aliphatic rings. The van der Waals surface area contributed by atoms with E-state index in [2.05, 4.69) is 10.2 Å². The summed E-state index contributed by atoms with van der Waals surface area (Å²) < 4.78 is 10.4.